The summed E-state index contributed by atoms with van der Waals surface area (Å²) in [5.74, 6) is -1.65. The number of rotatable bonds is 7. The van der Waals surface area contributed by atoms with Gasteiger partial charge in [-0.1, -0.05) is 13.3 Å². The first-order valence-corrected chi connectivity index (χ1v) is 7.09. The largest absolute Gasteiger partial charge is 0.460 e. The van der Waals surface area contributed by atoms with Crippen molar-refractivity contribution in [2.45, 2.75) is 36.8 Å². The molecule has 0 heterocycles. The highest BCUT2D eigenvalue weighted by atomic mass is 32.2. The molecule has 0 saturated heterocycles. The van der Waals surface area contributed by atoms with Gasteiger partial charge < -0.3 is 4.74 Å². The van der Waals surface area contributed by atoms with E-state index in [2.05, 4.69) is 0 Å². The Kier molecular flexibility index (Phi) is 6.56. The fourth-order valence-electron chi connectivity index (χ4n) is 1.52. The highest BCUT2D eigenvalue weighted by molar-refractivity contribution is 8.00. The average molecular weight is 284 g/mol. The van der Waals surface area contributed by atoms with E-state index in [1.54, 1.807) is 19.1 Å². The first-order chi connectivity index (χ1) is 9.08. The number of esters is 1. The van der Waals surface area contributed by atoms with E-state index in [9.17, 15) is 14.0 Å². The number of ketones is 1. The summed E-state index contributed by atoms with van der Waals surface area (Å²) in [6.07, 6.45) is 1.36. The lowest BCUT2D eigenvalue weighted by Gasteiger charge is -2.13. The summed E-state index contributed by atoms with van der Waals surface area (Å²) in [4.78, 5) is 24.1. The molecule has 0 aliphatic carbocycles. The number of carbonyl (C=O) groups excluding carboxylic acids is 2. The molecule has 1 rings (SSSR count). The summed E-state index contributed by atoms with van der Waals surface area (Å²) >= 11 is 1.27. The van der Waals surface area contributed by atoms with Crippen LogP contribution in [0.2, 0.25) is 0 Å². The van der Waals surface area contributed by atoms with Crippen molar-refractivity contribution < 1.29 is 18.7 Å². The quantitative estimate of drug-likeness (QED) is 0.438. The first-order valence-electron chi connectivity index (χ1n) is 6.21. The van der Waals surface area contributed by atoms with Crippen molar-refractivity contribution in [3.8, 4) is 0 Å². The molecule has 0 fully saturated rings. The number of carbonyl (C=O) groups is 2. The monoisotopic (exact) mass is 284 g/mol. The topological polar surface area (TPSA) is 43.4 Å². The van der Waals surface area contributed by atoms with Gasteiger partial charge in [-0.2, -0.15) is 0 Å². The first kappa shape index (κ1) is 15.7. The number of hydrogen-bond donors (Lipinski definition) is 0. The molecular weight excluding hydrogens is 267 g/mol. The van der Waals surface area contributed by atoms with E-state index in [1.807, 2.05) is 6.92 Å². The molecule has 0 spiro atoms. The van der Waals surface area contributed by atoms with Gasteiger partial charge in [-0.15, -0.1) is 11.8 Å². The van der Waals surface area contributed by atoms with Gasteiger partial charge >= 0.3 is 5.97 Å². The Morgan fingerprint density at radius 1 is 1.26 bits per heavy atom. The zero-order chi connectivity index (χ0) is 14.3. The molecule has 0 radical (unpaired) electrons. The lowest BCUT2D eigenvalue weighted by Crippen LogP contribution is -2.28. The molecule has 3 nitrogen and oxygen atoms in total. The van der Waals surface area contributed by atoms with Crippen LogP contribution in [0.25, 0.3) is 0 Å². The molecule has 0 saturated carbocycles. The Labute approximate surface area is 116 Å². The Morgan fingerprint density at radius 3 is 2.42 bits per heavy atom. The predicted octanol–water partition coefficient (Wildman–Crippen LogP) is 3.22. The third-order valence-electron chi connectivity index (χ3n) is 2.41. The lowest BCUT2D eigenvalue weighted by molar-refractivity contribution is -0.153. The molecule has 1 atom stereocenters. The normalized spacial score (nSPS) is 11.9. The van der Waals surface area contributed by atoms with E-state index in [4.69, 9.17) is 4.74 Å². The molecule has 0 N–H and O–H groups in total. The van der Waals surface area contributed by atoms with Crippen LogP contribution < -0.4 is 0 Å². The van der Waals surface area contributed by atoms with Gasteiger partial charge in [-0.05, 0) is 37.6 Å². The molecule has 0 amide bonds. The second-order valence-corrected chi connectivity index (χ2v) is 5.21. The fraction of sp³-hybridized carbons (Fsp3) is 0.429. The molecule has 1 aromatic rings. The van der Waals surface area contributed by atoms with Gasteiger partial charge in [0, 0.05) is 4.90 Å². The van der Waals surface area contributed by atoms with Crippen molar-refractivity contribution >= 4 is 23.5 Å². The van der Waals surface area contributed by atoms with Gasteiger partial charge in [0.15, 0.2) is 0 Å². The minimum atomic E-state index is -0.796. The maximum Gasteiger partial charge on any atom is 0.375 e. The Bertz CT molecular complexity index is 431. The SMILES string of the molecule is CCCC(Sc1ccc(F)cc1)C(=O)C(=O)OCC. The highest BCUT2D eigenvalue weighted by Crippen LogP contribution is 2.27. The molecule has 5 heteroatoms. The zero-order valence-electron chi connectivity index (χ0n) is 11.0. The van der Waals surface area contributed by atoms with Crippen LogP contribution in [0.1, 0.15) is 26.7 Å². The van der Waals surface area contributed by atoms with Crippen LogP contribution in [0.15, 0.2) is 29.2 Å². The predicted molar refractivity (Wildman–Crippen MR) is 72.6 cm³/mol. The van der Waals surface area contributed by atoms with Crippen LogP contribution in [0, 0.1) is 5.82 Å². The molecule has 0 aliphatic rings. The number of ether oxygens (including phenoxy) is 1. The van der Waals surface area contributed by atoms with E-state index < -0.39 is 17.0 Å². The maximum atomic E-state index is 12.8. The van der Waals surface area contributed by atoms with Gasteiger partial charge in [0.25, 0.3) is 5.78 Å². The Morgan fingerprint density at radius 2 is 1.89 bits per heavy atom. The summed E-state index contributed by atoms with van der Waals surface area (Å²) in [5, 5.41) is -0.477. The number of benzene rings is 1. The standard InChI is InChI=1S/C14H17FO3S/c1-3-5-12(13(16)14(17)18-4-2)19-11-8-6-10(15)7-9-11/h6-9,12H,3-5H2,1-2H3. The van der Waals surface area contributed by atoms with Crippen LogP contribution in [-0.2, 0) is 14.3 Å². The van der Waals surface area contributed by atoms with Crippen LogP contribution in [0.4, 0.5) is 4.39 Å². The van der Waals surface area contributed by atoms with Crippen LogP contribution in [0.3, 0.4) is 0 Å². The highest BCUT2D eigenvalue weighted by Gasteiger charge is 2.26. The zero-order valence-corrected chi connectivity index (χ0v) is 11.8. The van der Waals surface area contributed by atoms with E-state index in [0.717, 1.165) is 11.3 Å². The minimum Gasteiger partial charge on any atom is -0.460 e. The van der Waals surface area contributed by atoms with Crippen molar-refractivity contribution in [2.75, 3.05) is 6.61 Å². The molecule has 0 aliphatic heterocycles. The molecule has 1 aromatic carbocycles. The van der Waals surface area contributed by atoms with Crippen molar-refractivity contribution in [1.82, 2.24) is 0 Å². The minimum absolute atomic E-state index is 0.185. The summed E-state index contributed by atoms with van der Waals surface area (Å²) in [6.45, 7) is 3.79. The molecule has 19 heavy (non-hydrogen) atoms. The van der Waals surface area contributed by atoms with Gasteiger partial charge in [-0.3, -0.25) is 4.79 Å². The molecular formula is C14H17FO3S. The van der Waals surface area contributed by atoms with E-state index in [-0.39, 0.29) is 12.4 Å². The number of thioether (sulfide) groups is 1. The maximum absolute atomic E-state index is 12.8. The number of halogens is 1. The lowest BCUT2D eigenvalue weighted by atomic mass is 10.2. The molecule has 0 aromatic heterocycles. The molecule has 1 unspecified atom stereocenters. The number of hydrogen-bond acceptors (Lipinski definition) is 4. The third-order valence-corrected chi connectivity index (χ3v) is 3.69. The fourth-order valence-corrected chi connectivity index (χ4v) is 2.70. The molecule has 104 valence electrons. The summed E-state index contributed by atoms with van der Waals surface area (Å²) in [7, 11) is 0. The summed E-state index contributed by atoms with van der Waals surface area (Å²) in [5.41, 5.74) is 0. The summed E-state index contributed by atoms with van der Waals surface area (Å²) in [6, 6.07) is 5.86. The Balaban J connectivity index is 2.74. The number of Topliss-reactive ketones (excluding diaryl/α,β-unsaturated/α-hetero) is 1. The van der Waals surface area contributed by atoms with Crippen LogP contribution in [-0.4, -0.2) is 23.6 Å². The van der Waals surface area contributed by atoms with Crippen molar-refractivity contribution in [2.24, 2.45) is 0 Å². The van der Waals surface area contributed by atoms with Gasteiger partial charge in [0.2, 0.25) is 0 Å². The van der Waals surface area contributed by atoms with Crippen molar-refractivity contribution in [1.29, 1.82) is 0 Å². The van der Waals surface area contributed by atoms with E-state index >= 15 is 0 Å². The van der Waals surface area contributed by atoms with Crippen LogP contribution in [0.5, 0.6) is 0 Å². The molecule has 0 bridgehead atoms. The van der Waals surface area contributed by atoms with Gasteiger partial charge in [0.05, 0.1) is 11.9 Å². The second kappa shape index (κ2) is 7.94. The van der Waals surface area contributed by atoms with Crippen molar-refractivity contribution in [3.05, 3.63) is 30.1 Å². The smallest absolute Gasteiger partial charge is 0.375 e. The second-order valence-electron chi connectivity index (χ2n) is 3.93. The third kappa shape index (κ3) is 5.03. The average Bonchev–Trinajstić information content (AvgIpc) is 2.40. The van der Waals surface area contributed by atoms with Crippen LogP contribution >= 0.6 is 11.8 Å². The van der Waals surface area contributed by atoms with Gasteiger partial charge in [-0.25, -0.2) is 9.18 Å². The van der Waals surface area contributed by atoms with Gasteiger partial charge in [0.1, 0.15) is 5.82 Å². The van der Waals surface area contributed by atoms with E-state index in [1.165, 1.54) is 23.9 Å². The van der Waals surface area contributed by atoms with E-state index in [0.29, 0.717) is 6.42 Å². The van der Waals surface area contributed by atoms with Crippen molar-refractivity contribution in [3.63, 3.8) is 0 Å². The Hall–Kier alpha value is -1.36. The summed E-state index contributed by atoms with van der Waals surface area (Å²) < 4.78 is 17.5.